The van der Waals surface area contributed by atoms with E-state index in [0.29, 0.717) is 41.1 Å². The van der Waals surface area contributed by atoms with Gasteiger partial charge in [0.25, 0.3) is 11.8 Å². The fourth-order valence-corrected chi connectivity index (χ4v) is 6.08. The van der Waals surface area contributed by atoms with Crippen LogP contribution in [0.1, 0.15) is 41.0 Å². The molecule has 2 aromatic rings. The van der Waals surface area contributed by atoms with Crippen molar-refractivity contribution in [2.45, 2.75) is 25.2 Å². The molecular formula is C20H25N3O4S2. The van der Waals surface area contributed by atoms with Crippen LogP contribution in [-0.2, 0) is 10.0 Å². The molecule has 3 rings (SSSR count). The minimum absolute atomic E-state index is 0.178. The number of nitrogens with one attached hydrogen (secondary N) is 2. The first-order valence-corrected chi connectivity index (χ1v) is 11.8. The van der Waals surface area contributed by atoms with Crippen LogP contribution in [0, 0.1) is 11.8 Å². The molecule has 2 heterocycles. The van der Waals surface area contributed by atoms with E-state index in [1.54, 1.807) is 11.4 Å². The number of carbonyl (C=O) groups excluding carboxylic acids is 2. The number of anilines is 1. The first-order valence-electron chi connectivity index (χ1n) is 9.43. The summed E-state index contributed by atoms with van der Waals surface area (Å²) in [6, 6.07) is 7.54. The number of hydrogen-bond donors (Lipinski definition) is 2. The Morgan fingerprint density at radius 1 is 1.03 bits per heavy atom. The van der Waals surface area contributed by atoms with E-state index < -0.39 is 15.9 Å². The second-order valence-electron chi connectivity index (χ2n) is 7.49. The van der Waals surface area contributed by atoms with E-state index in [9.17, 15) is 18.0 Å². The Labute approximate surface area is 175 Å². The molecule has 0 bridgehead atoms. The quantitative estimate of drug-likeness (QED) is 0.755. The molecule has 29 heavy (non-hydrogen) atoms. The van der Waals surface area contributed by atoms with Crippen molar-refractivity contribution in [3.63, 3.8) is 0 Å². The number of sulfonamides is 1. The summed E-state index contributed by atoms with van der Waals surface area (Å²) in [4.78, 5) is 24.5. The lowest BCUT2D eigenvalue weighted by atomic mass is 9.94. The number of carbonyl (C=O) groups is 2. The summed E-state index contributed by atoms with van der Waals surface area (Å²) in [5.74, 6) is -0.0486. The van der Waals surface area contributed by atoms with E-state index in [1.807, 2.05) is 0 Å². The molecule has 2 amide bonds. The normalized spacial score (nSPS) is 20.2. The van der Waals surface area contributed by atoms with E-state index in [2.05, 4.69) is 24.5 Å². The van der Waals surface area contributed by atoms with Crippen molar-refractivity contribution < 1.29 is 18.0 Å². The fourth-order valence-electron chi connectivity index (χ4n) is 3.62. The Kier molecular flexibility index (Phi) is 6.40. The van der Waals surface area contributed by atoms with Crippen molar-refractivity contribution in [1.82, 2.24) is 9.62 Å². The largest absolute Gasteiger partial charge is 0.355 e. The highest BCUT2D eigenvalue weighted by Gasteiger charge is 2.31. The molecule has 1 aromatic heterocycles. The first kappa shape index (κ1) is 21.5. The van der Waals surface area contributed by atoms with Gasteiger partial charge in [0.2, 0.25) is 10.0 Å². The van der Waals surface area contributed by atoms with Gasteiger partial charge < -0.3 is 10.6 Å². The monoisotopic (exact) mass is 435 g/mol. The van der Waals surface area contributed by atoms with Gasteiger partial charge in [-0.25, -0.2) is 8.42 Å². The highest BCUT2D eigenvalue weighted by atomic mass is 32.2. The van der Waals surface area contributed by atoms with Crippen molar-refractivity contribution in [1.29, 1.82) is 0 Å². The maximum atomic E-state index is 13.0. The molecule has 0 spiro atoms. The van der Waals surface area contributed by atoms with Crippen LogP contribution in [0.2, 0.25) is 0 Å². The molecule has 7 nitrogen and oxygen atoms in total. The third-order valence-electron chi connectivity index (χ3n) is 4.95. The summed E-state index contributed by atoms with van der Waals surface area (Å²) in [6.07, 6.45) is 1.02. The van der Waals surface area contributed by atoms with Gasteiger partial charge in [-0.3, -0.25) is 9.59 Å². The zero-order valence-electron chi connectivity index (χ0n) is 16.6. The van der Waals surface area contributed by atoms with Gasteiger partial charge in [-0.15, -0.1) is 11.3 Å². The fraction of sp³-hybridized carbons (Fsp3) is 0.400. The van der Waals surface area contributed by atoms with E-state index in [1.165, 1.54) is 47.0 Å². The lowest BCUT2D eigenvalue weighted by Crippen LogP contribution is -2.42. The van der Waals surface area contributed by atoms with Gasteiger partial charge in [0, 0.05) is 25.7 Å². The zero-order valence-corrected chi connectivity index (χ0v) is 18.3. The molecule has 156 valence electrons. The number of benzene rings is 1. The van der Waals surface area contributed by atoms with E-state index in [0.717, 1.165) is 6.42 Å². The van der Waals surface area contributed by atoms with Crippen LogP contribution in [0.4, 0.5) is 5.00 Å². The molecule has 0 unspecified atom stereocenters. The number of rotatable bonds is 5. The average Bonchev–Trinajstić information content (AvgIpc) is 3.14. The van der Waals surface area contributed by atoms with Gasteiger partial charge in [0.1, 0.15) is 5.00 Å². The van der Waals surface area contributed by atoms with Crippen molar-refractivity contribution >= 4 is 38.2 Å². The van der Waals surface area contributed by atoms with Crippen molar-refractivity contribution in [3.05, 3.63) is 46.8 Å². The molecule has 0 aliphatic carbocycles. The Morgan fingerprint density at radius 2 is 1.66 bits per heavy atom. The molecule has 1 fully saturated rings. The molecular weight excluding hydrogens is 410 g/mol. The summed E-state index contributed by atoms with van der Waals surface area (Å²) < 4.78 is 27.4. The summed E-state index contributed by atoms with van der Waals surface area (Å²) in [5, 5.41) is 7.41. The van der Waals surface area contributed by atoms with Gasteiger partial charge in [-0.1, -0.05) is 13.8 Å². The molecule has 9 heteroatoms. The van der Waals surface area contributed by atoms with Crippen molar-refractivity contribution in [3.8, 4) is 0 Å². The predicted octanol–water partition coefficient (Wildman–Crippen LogP) is 3.03. The minimum atomic E-state index is -3.59. The van der Waals surface area contributed by atoms with Crippen LogP contribution < -0.4 is 10.6 Å². The topological polar surface area (TPSA) is 95.6 Å². The standard InChI is InChI=1S/C20H25N3O4S2/c1-13-10-14(2)12-23(11-13)29(26,27)16-6-4-15(5-7-16)18(24)22-20-17(8-9-28-20)19(25)21-3/h4-9,13-14H,10-12H2,1-3H3,(H,21,25)(H,22,24)/t13-,14-/m0/s1. The van der Waals surface area contributed by atoms with Gasteiger partial charge in [-0.05, 0) is 54.0 Å². The van der Waals surface area contributed by atoms with Crippen LogP contribution in [0.5, 0.6) is 0 Å². The molecule has 0 radical (unpaired) electrons. The van der Waals surface area contributed by atoms with Crippen LogP contribution in [0.25, 0.3) is 0 Å². The lowest BCUT2D eigenvalue weighted by Gasteiger charge is -2.34. The van der Waals surface area contributed by atoms with Gasteiger partial charge >= 0.3 is 0 Å². The summed E-state index contributed by atoms with van der Waals surface area (Å²) in [7, 11) is -2.07. The Bertz CT molecular complexity index is 989. The van der Waals surface area contributed by atoms with E-state index in [-0.39, 0.29) is 10.8 Å². The van der Waals surface area contributed by atoms with E-state index in [4.69, 9.17) is 0 Å². The molecule has 1 aromatic carbocycles. The maximum Gasteiger partial charge on any atom is 0.256 e. The maximum absolute atomic E-state index is 13.0. The van der Waals surface area contributed by atoms with Crippen LogP contribution in [0.3, 0.4) is 0 Å². The minimum Gasteiger partial charge on any atom is -0.355 e. The summed E-state index contributed by atoms with van der Waals surface area (Å²) >= 11 is 1.25. The first-order chi connectivity index (χ1) is 13.7. The average molecular weight is 436 g/mol. The third kappa shape index (κ3) is 4.68. The molecule has 1 aliphatic rings. The van der Waals surface area contributed by atoms with Gasteiger partial charge in [0.15, 0.2) is 0 Å². The van der Waals surface area contributed by atoms with Crippen molar-refractivity contribution in [2.24, 2.45) is 11.8 Å². The third-order valence-corrected chi connectivity index (χ3v) is 7.63. The second kappa shape index (κ2) is 8.64. The number of thiophene rings is 1. The molecule has 2 N–H and O–H groups in total. The molecule has 0 saturated carbocycles. The number of hydrogen-bond acceptors (Lipinski definition) is 5. The highest BCUT2D eigenvalue weighted by Crippen LogP contribution is 2.27. The zero-order chi connectivity index (χ0) is 21.2. The van der Waals surface area contributed by atoms with Crippen LogP contribution in [0.15, 0.2) is 40.6 Å². The lowest BCUT2D eigenvalue weighted by molar-refractivity contribution is 0.0964. The highest BCUT2D eigenvalue weighted by molar-refractivity contribution is 7.89. The summed E-state index contributed by atoms with van der Waals surface area (Å²) in [5.41, 5.74) is 0.707. The number of amides is 2. The van der Waals surface area contributed by atoms with Crippen LogP contribution >= 0.6 is 11.3 Å². The molecule has 1 saturated heterocycles. The van der Waals surface area contributed by atoms with Crippen molar-refractivity contribution in [2.75, 3.05) is 25.5 Å². The predicted molar refractivity (Wildman–Crippen MR) is 114 cm³/mol. The Balaban J connectivity index is 1.75. The molecule has 2 atom stereocenters. The van der Waals surface area contributed by atoms with Crippen LogP contribution in [-0.4, -0.2) is 44.7 Å². The van der Waals surface area contributed by atoms with Gasteiger partial charge in [-0.2, -0.15) is 4.31 Å². The van der Waals surface area contributed by atoms with E-state index >= 15 is 0 Å². The Morgan fingerprint density at radius 3 is 2.24 bits per heavy atom. The summed E-state index contributed by atoms with van der Waals surface area (Å²) in [6.45, 7) is 5.14. The van der Waals surface area contributed by atoms with Gasteiger partial charge in [0.05, 0.1) is 10.5 Å². The number of nitrogens with zero attached hydrogens (tertiary/aromatic N) is 1. The smallest absolute Gasteiger partial charge is 0.256 e. The number of piperidine rings is 1. The Hall–Kier alpha value is -2.23. The second-order valence-corrected chi connectivity index (χ2v) is 10.3. The molecule has 1 aliphatic heterocycles. The SMILES string of the molecule is CNC(=O)c1ccsc1NC(=O)c1ccc(S(=O)(=O)N2C[C@@H](C)C[C@H](C)C2)cc1.